The van der Waals surface area contributed by atoms with Crippen LogP contribution in [0.3, 0.4) is 0 Å². The van der Waals surface area contributed by atoms with Crippen LogP contribution in [0.15, 0.2) is 47.6 Å². The fourth-order valence-corrected chi connectivity index (χ4v) is 3.97. The van der Waals surface area contributed by atoms with Crippen molar-refractivity contribution in [3.8, 4) is 0 Å². The van der Waals surface area contributed by atoms with E-state index >= 15 is 0 Å². The summed E-state index contributed by atoms with van der Waals surface area (Å²) >= 11 is 0. The fraction of sp³-hybridized carbons (Fsp3) is 0.235. The Bertz CT molecular complexity index is 996. The van der Waals surface area contributed by atoms with E-state index in [1.807, 2.05) is 11.5 Å². The van der Waals surface area contributed by atoms with E-state index in [4.69, 9.17) is 0 Å². The summed E-state index contributed by atoms with van der Waals surface area (Å²) in [4.78, 5) is 4.42. The Morgan fingerprint density at radius 1 is 1.25 bits per heavy atom. The molecule has 126 valence electrons. The van der Waals surface area contributed by atoms with Crippen LogP contribution in [0.25, 0.3) is 11.0 Å². The van der Waals surface area contributed by atoms with E-state index < -0.39 is 15.8 Å². The molecule has 0 saturated carbocycles. The van der Waals surface area contributed by atoms with E-state index in [0.717, 1.165) is 6.42 Å². The number of aromatic nitrogens is 2. The molecule has 7 heteroatoms. The molecule has 2 aromatic heterocycles. The molecule has 3 rings (SSSR count). The van der Waals surface area contributed by atoms with Crippen molar-refractivity contribution >= 4 is 26.7 Å². The Morgan fingerprint density at radius 2 is 2.04 bits per heavy atom. The average molecular weight is 347 g/mol. The summed E-state index contributed by atoms with van der Waals surface area (Å²) in [7, 11) is -3.85. The van der Waals surface area contributed by atoms with E-state index in [9.17, 15) is 12.8 Å². The number of hydrogen-bond acceptors (Lipinski definition) is 3. The predicted molar refractivity (Wildman–Crippen MR) is 92.0 cm³/mol. The van der Waals surface area contributed by atoms with Crippen molar-refractivity contribution in [1.29, 1.82) is 0 Å². The van der Waals surface area contributed by atoms with E-state index in [1.54, 1.807) is 30.6 Å². The second-order valence-corrected chi connectivity index (χ2v) is 7.23. The van der Waals surface area contributed by atoms with Crippen molar-refractivity contribution in [2.45, 2.75) is 31.7 Å². The molecule has 2 heterocycles. The van der Waals surface area contributed by atoms with Crippen LogP contribution in [0.5, 0.6) is 0 Å². The van der Waals surface area contributed by atoms with Gasteiger partial charge in [-0.3, -0.25) is 4.72 Å². The van der Waals surface area contributed by atoms with Crippen molar-refractivity contribution in [1.82, 2.24) is 9.55 Å². The van der Waals surface area contributed by atoms with E-state index in [2.05, 4.69) is 9.71 Å². The highest BCUT2D eigenvalue weighted by Gasteiger charge is 2.22. The van der Waals surface area contributed by atoms with Crippen LogP contribution >= 0.6 is 0 Å². The second-order valence-electron chi connectivity index (χ2n) is 5.58. The van der Waals surface area contributed by atoms with Crippen molar-refractivity contribution in [3.63, 3.8) is 0 Å². The molecule has 0 atom stereocenters. The standard InChI is InChI=1S/C17H18FN3O2S/c1-3-10-21-11-16(13-6-5-9-19-17(13)21)24(22,23)20-15-8-4-7-14(18)12(15)2/h4-9,11,20H,3,10H2,1-2H3. The predicted octanol–water partition coefficient (Wildman–Crippen LogP) is 3.69. The Kier molecular flexibility index (Phi) is 4.28. The van der Waals surface area contributed by atoms with E-state index in [-0.39, 0.29) is 16.1 Å². The molecule has 5 nitrogen and oxygen atoms in total. The molecule has 0 spiro atoms. The maximum Gasteiger partial charge on any atom is 0.264 e. The van der Waals surface area contributed by atoms with Gasteiger partial charge in [-0.15, -0.1) is 0 Å². The first-order valence-corrected chi connectivity index (χ1v) is 9.14. The minimum atomic E-state index is -3.85. The number of nitrogens with one attached hydrogen (secondary N) is 1. The minimum absolute atomic E-state index is 0.141. The first-order valence-electron chi connectivity index (χ1n) is 7.66. The summed E-state index contributed by atoms with van der Waals surface area (Å²) in [5, 5.41) is 0.549. The van der Waals surface area contributed by atoms with E-state index in [1.165, 1.54) is 19.1 Å². The van der Waals surface area contributed by atoms with Gasteiger partial charge in [-0.25, -0.2) is 17.8 Å². The average Bonchev–Trinajstić information content (AvgIpc) is 2.92. The molecule has 0 fully saturated rings. The van der Waals surface area contributed by atoms with Gasteiger partial charge < -0.3 is 4.57 Å². The second kappa shape index (κ2) is 6.24. The third-order valence-corrected chi connectivity index (χ3v) is 5.26. The molecule has 0 bridgehead atoms. The van der Waals surface area contributed by atoms with Gasteiger partial charge >= 0.3 is 0 Å². The normalized spacial score (nSPS) is 11.8. The van der Waals surface area contributed by atoms with Gasteiger partial charge in [-0.2, -0.15) is 0 Å². The molecule has 24 heavy (non-hydrogen) atoms. The number of sulfonamides is 1. The van der Waals surface area contributed by atoms with Crippen LogP contribution < -0.4 is 4.72 Å². The maximum absolute atomic E-state index is 13.7. The number of nitrogens with zero attached hydrogens (tertiary/aromatic N) is 2. The van der Waals surface area contributed by atoms with Gasteiger partial charge in [0.15, 0.2) is 0 Å². The Morgan fingerprint density at radius 3 is 2.79 bits per heavy atom. The van der Waals surface area contributed by atoms with Gasteiger partial charge in [0.05, 0.1) is 5.69 Å². The first-order chi connectivity index (χ1) is 11.4. The summed E-state index contributed by atoms with van der Waals surface area (Å²) < 4.78 is 43.6. The number of fused-ring (bicyclic) bond motifs is 1. The number of hydrogen-bond donors (Lipinski definition) is 1. The zero-order chi connectivity index (χ0) is 17.3. The molecule has 0 radical (unpaired) electrons. The third-order valence-electron chi connectivity index (χ3n) is 3.86. The summed E-state index contributed by atoms with van der Waals surface area (Å²) in [5.74, 6) is -0.453. The quantitative estimate of drug-likeness (QED) is 0.765. The van der Waals surface area contributed by atoms with Gasteiger partial charge in [-0.1, -0.05) is 13.0 Å². The summed E-state index contributed by atoms with van der Waals surface area (Å²) in [6.45, 7) is 4.22. The number of aryl methyl sites for hydroxylation is 1. The van der Waals surface area contributed by atoms with Gasteiger partial charge in [0, 0.05) is 29.9 Å². The molecule has 0 aliphatic heterocycles. The first kappa shape index (κ1) is 16.4. The van der Waals surface area contributed by atoms with Gasteiger partial charge in [-0.05, 0) is 37.6 Å². The Balaban J connectivity index is 2.10. The third kappa shape index (κ3) is 2.87. The van der Waals surface area contributed by atoms with Gasteiger partial charge in [0.25, 0.3) is 10.0 Å². The lowest BCUT2D eigenvalue weighted by atomic mass is 10.2. The van der Waals surface area contributed by atoms with Crippen molar-refractivity contribution in [2.24, 2.45) is 0 Å². The molecular formula is C17H18FN3O2S. The number of rotatable bonds is 5. The molecule has 1 aromatic carbocycles. The molecule has 0 aliphatic rings. The van der Waals surface area contributed by atoms with Crippen LogP contribution in [0.2, 0.25) is 0 Å². The van der Waals surface area contributed by atoms with Gasteiger partial charge in [0.2, 0.25) is 0 Å². The van der Waals surface area contributed by atoms with Crippen molar-refractivity contribution < 1.29 is 12.8 Å². The SMILES string of the molecule is CCCn1cc(S(=O)(=O)Nc2cccc(F)c2C)c2cccnc21. The van der Waals surface area contributed by atoms with Crippen molar-refractivity contribution in [2.75, 3.05) is 4.72 Å². The summed E-state index contributed by atoms with van der Waals surface area (Å²) in [5.41, 5.74) is 1.11. The van der Waals surface area contributed by atoms with Crippen LogP contribution in [0, 0.1) is 12.7 Å². The maximum atomic E-state index is 13.7. The summed E-state index contributed by atoms with van der Waals surface area (Å²) in [6.07, 6.45) is 4.07. The Hall–Kier alpha value is -2.41. The number of halogens is 1. The molecule has 0 aliphatic carbocycles. The highest BCUT2D eigenvalue weighted by molar-refractivity contribution is 7.93. The Labute approximate surface area is 140 Å². The molecule has 1 N–H and O–H groups in total. The lowest BCUT2D eigenvalue weighted by Gasteiger charge is -2.10. The lowest BCUT2D eigenvalue weighted by molar-refractivity contribution is 0.600. The zero-order valence-electron chi connectivity index (χ0n) is 13.5. The van der Waals surface area contributed by atoms with Gasteiger partial charge in [0.1, 0.15) is 16.4 Å². The van der Waals surface area contributed by atoms with Crippen LogP contribution in [0.4, 0.5) is 10.1 Å². The van der Waals surface area contributed by atoms with Crippen LogP contribution in [-0.4, -0.2) is 18.0 Å². The molecule has 0 amide bonds. The molecule has 0 saturated heterocycles. The molecular weight excluding hydrogens is 329 g/mol. The smallest absolute Gasteiger partial charge is 0.264 e. The number of benzene rings is 1. The van der Waals surface area contributed by atoms with Crippen LogP contribution in [0.1, 0.15) is 18.9 Å². The number of anilines is 1. The minimum Gasteiger partial charge on any atom is -0.331 e. The highest BCUT2D eigenvalue weighted by Crippen LogP contribution is 2.27. The fourth-order valence-electron chi connectivity index (χ4n) is 2.63. The highest BCUT2D eigenvalue weighted by atomic mass is 32.2. The molecule has 3 aromatic rings. The van der Waals surface area contributed by atoms with Crippen LogP contribution in [-0.2, 0) is 16.6 Å². The van der Waals surface area contributed by atoms with Crippen molar-refractivity contribution in [3.05, 3.63) is 54.1 Å². The van der Waals surface area contributed by atoms with E-state index in [0.29, 0.717) is 17.6 Å². The topological polar surface area (TPSA) is 64.0 Å². The largest absolute Gasteiger partial charge is 0.331 e. The summed E-state index contributed by atoms with van der Waals surface area (Å²) in [6, 6.07) is 7.73. The zero-order valence-corrected chi connectivity index (χ0v) is 14.3. The molecule has 0 unspecified atom stereocenters. The lowest BCUT2D eigenvalue weighted by Crippen LogP contribution is -2.14. The monoisotopic (exact) mass is 347 g/mol. The number of pyridine rings is 1.